The molecule has 2 fully saturated rings. The standard InChI is InChI=1S/C68H79Cl2F2N7O10/c1-9-79(48-21-24-85-25-22-48)57-35-46(34-51(43(57)4)64(81)75-39-52-41(2)33-42(3)76-65(52)82)44-13-17-49(18-14-44)89-32-31-88-30-29-87-28-27-86-26-23-74-63(80)45-15-20-56(58(36-45)84-8)77-66(83)62-60(50-11-10-12-54(70)61(50)72)68(40-73,59(78-62)38-67(5,6)7)53-19-16-47(69)37-55(53)71/h10-20,33-37,48,59-60,62,78H,9,21-32,38-39H2,1-8H3,(H,74,80)(H,75,81)(H,76,82)(H,77,83)/t59-,60?,62+,68?/m0/s1. The SMILES string of the molecule is CCN(c1cc(-c2ccc(OCCOCCOCCOCCNC(=O)c3ccc(NC(=O)[C@@H]4N[C@@H](CC(C)(C)C)C(C#N)(c5ccc(Cl)cc5F)C4c4cccc(Cl)c4F)c(OC)c3)cc2)cc(C(=O)NCc2c(C)cc(C)[nH]c2=O)c1C)C1CCOCC1. The van der Waals surface area contributed by atoms with E-state index in [4.69, 9.17) is 51.6 Å². The van der Waals surface area contributed by atoms with E-state index >= 15 is 8.78 Å². The van der Waals surface area contributed by atoms with Crippen molar-refractivity contribution in [2.45, 2.75) is 104 Å². The van der Waals surface area contributed by atoms with Crippen LogP contribution in [0.4, 0.5) is 20.2 Å². The predicted octanol–water partition coefficient (Wildman–Crippen LogP) is 11.3. The van der Waals surface area contributed by atoms with Gasteiger partial charge in [-0.2, -0.15) is 5.26 Å². The van der Waals surface area contributed by atoms with Crippen LogP contribution in [0.5, 0.6) is 11.5 Å². The minimum atomic E-state index is -1.82. The molecule has 3 amide bonds. The topological polar surface area (TPSA) is 215 Å². The number of pyridine rings is 1. The van der Waals surface area contributed by atoms with E-state index in [2.05, 4.69) is 50.2 Å². The number of benzene rings is 5. The molecular weight excluding hydrogens is 1180 g/mol. The first-order chi connectivity index (χ1) is 42.7. The Hall–Kier alpha value is -7.41. The van der Waals surface area contributed by atoms with Gasteiger partial charge >= 0.3 is 0 Å². The number of nitriles is 1. The number of amides is 3. The van der Waals surface area contributed by atoms with E-state index in [1.165, 1.54) is 55.6 Å². The Morgan fingerprint density at radius 3 is 2.18 bits per heavy atom. The van der Waals surface area contributed by atoms with E-state index in [-0.39, 0.29) is 88.4 Å². The van der Waals surface area contributed by atoms with Gasteiger partial charge in [-0.15, -0.1) is 0 Å². The highest BCUT2D eigenvalue weighted by Gasteiger charge is 2.61. The second kappa shape index (κ2) is 30.9. The summed E-state index contributed by atoms with van der Waals surface area (Å²) in [4.78, 5) is 59.8. The Balaban J connectivity index is 0.773. The Morgan fingerprint density at radius 2 is 1.53 bits per heavy atom. The first-order valence-electron chi connectivity index (χ1n) is 29.9. The van der Waals surface area contributed by atoms with Gasteiger partial charge in [-0.3, -0.25) is 19.2 Å². The van der Waals surface area contributed by atoms with Gasteiger partial charge in [0.05, 0.1) is 69.6 Å². The number of ether oxygens (including phenoxy) is 6. The number of methoxy groups -OCH3 is 1. The molecule has 89 heavy (non-hydrogen) atoms. The highest BCUT2D eigenvalue weighted by atomic mass is 35.5. The highest BCUT2D eigenvalue weighted by molar-refractivity contribution is 6.31. The van der Waals surface area contributed by atoms with E-state index in [1.807, 2.05) is 77.9 Å². The number of halogens is 4. The van der Waals surface area contributed by atoms with Gasteiger partial charge in [0.1, 0.15) is 35.2 Å². The van der Waals surface area contributed by atoms with Crippen molar-refractivity contribution in [3.05, 3.63) is 174 Å². The molecule has 2 saturated heterocycles. The molecule has 17 nitrogen and oxygen atoms in total. The fourth-order valence-corrected chi connectivity index (χ4v) is 12.3. The number of hydrogen-bond donors (Lipinski definition) is 5. The molecule has 0 radical (unpaired) electrons. The van der Waals surface area contributed by atoms with E-state index in [9.17, 15) is 24.4 Å². The van der Waals surface area contributed by atoms with Gasteiger partial charge < -0.3 is 59.6 Å². The lowest BCUT2D eigenvalue weighted by Gasteiger charge is -2.37. The van der Waals surface area contributed by atoms with Crippen molar-refractivity contribution in [3.63, 3.8) is 0 Å². The number of aromatic amines is 1. The van der Waals surface area contributed by atoms with Gasteiger partial charge in [0, 0.05) is 89.5 Å². The van der Waals surface area contributed by atoms with Gasteiger partial charge in [-0.1, -0.05) is 74.3 Å². The Labute approximate surface area is 529 Å². The van der Waals surface area contributed by atoms with Gasteiger partial charge in [-0.25, -0.2) is 8.78 Å². The summed E-state index contributed by atoms with van der Waals surface area (Å²) in [5, 5.41) is 23.1. The second-order valence-electron chi connectivity index (χ2n) is 23.5. The van der Waals surface area contributed by atoms with Crippen molar-refractivity contribution in [1.82, 2.24) is 20.9 Å². The fourth-order valence-electron chi connectivity index (χ4n) is 11.9. The summed E-state index contributed by atoms with van der Waals surface area (Å²) < 4.78 is 66.7. The molecule has 0 aliphatic carbocycles. The van der Waals surface area contributed by atoms with Crippen LogP contribution in [0, 0.1) is 49.2 Å². The van der Waals surface area contributed by atoms with Crippen LogP contribution in [0.1, 0.15) is 107 Å². The average molecular weight is 1260 g/mol. The summed E-state index contributed by atoms with van der Waals surface area (Å²) >= 11 is 12.5. The summed E-state index contributed by atoms with van der Waals surface area (Å²) in [6.45, 7) is 18.2. The Morgan fingerprint density at radius 1 is 0.831 bits per heavy atom. The summed E-state index contributed by atoms with van der Waals surface area (Å²) in [5.74, 6) is -3.45. The number of carbonyl (C=O) groups is 3. The van der Waals surface area contributed by atoms with Crippen molar-refractivity contribution in [1.29, 1.82) is 5.26 Å². The van der Waals surface area contributed by atoms with Crippen molar-refractivity contribution < 1.29 is 51.6 Å². The Bertz CT molecular complexity index is 3570. The van der Waals surface area contributed by atoms with Gasteiger partial charge in [0.15, 0.2) is 0 Å². The van der Waals surface area contributed by atoms with Crippen molar-refractivity contribution in [3.8, 4) is 28.7 Å². The monoisotopic (exact) mass is 1260 g/mol. The minimum absolute atomic E-state index is 0.0493. The van der Waals surface area contributed by atoms with E-state index in [0.717, 1.165) is 59.1 Å². The molecule has 0 bridgehead atoms. The number of H-pyrrole nitrogens is 1. The van der Waals surface area contributed by atoms with Gasteiger partial charge in [0.25, 0.3) is 17.4 Å². The summed E-state index contributed by atoms with van der Waals surface area (Å²) in [5.41, 5.74) is 4.14. The molecule has 5 aromatic carbocycles. The van der Waals surface area contributed by atoms with Gasteiger partial charge in [-0.05, 0) is 147 Å². The largest absolute Gasteiger partial charge is 0.495 e. The molecule has 2 aliphatic rings. The van der Waals surface area contributed by atoms with Crippen LogP contribution < -0.4 is 41.2 Å². The second-order valence-corrected chi connectivity index (χ2v) is 24.3. The van der Waals surface area contributed by atoms with Crippen LogP contribution in [0.2, 0.25) is 10.0 Å². The fraction of sp³-hybridized carbons (Fsp3) is 0.426. The smallest absolute Gasteiger partial charge is 0.253 e. The van der Waals surface area contributed by atoms with Crippen LogP contribution >= 0.6 is 23.2 Å². The lowest BCUT2D eigenvalue weighted by atomic mass is 9.62. The number of rotatable bonds is 27. The number of anilines is 2. The molecule has 5 N–H and O–H groups in total. The maximum Gasteiger partial charge on any atom is 0.253 e. The van der Waals surface area contributed by atoms with Crippen LogP contribution in [0.3, 0.4) is 0 Å². The van der Waals surface area contributed by atoms with Crippen LogP contribution in [0.15, 0.2) is 102 Å². The molecule has 8 rings (SSSR count). The molecule has 0 saturated carbocycles. The maximum atomic E-state index is 16.2. The van der Waals surface area contributed by atoms with Crippen molar-refractivity contribution >= 4 is 52.3 Å². The minimum Gasteiger partial charge on any atom is -0.495 e. The number of nitrogens with zero attached hydrogens (tertiary/aromatic N) is 2. The van der Waals surface area contributed by atoms with Gasteiger partial charge in [0.2, 0.25) is 5.91 Å². The molecule has 1 aromatic heterocycles. The number of aromatic nitrogens is 1. The van der Waals surface area contributed by atoms with Crippen molar-refractivity contribution in [2.75, 3.05) is 89.9 Å². The van der Waals surface area contributed by atoms with E-state index in [0.29, 0.717) is 63.1 Å². The maximum absolute atomic E-state index is 16.2. The molecule has 6 aromatic rings. The molecule has 3 heterocycles. The normalized spacial score (nSPS) is 17.6. The zero-order valence-electron chi connectivity index (χ0n) is 51.6. The third kappa shape index (κ3) is 16.5. The number of nitrogens with one attached hydrogen (secondary N) is 5. The van der Waals surface area contributed by atoms with E-state index < -0.39 is 52.3 Å². The number of hydrogen-bond acceptors (Lipinski definition) is 13. The lowest BCUT2D eigenvalue weighted by molar-refractivity contribution is -0.118. The summed E-state index contributed by atoms with van der Waals surface area (Å²) in [6.07, 6.45) is 2.07. The first-order valence-corrected chi connectivity index (χ1v) is 30.7. The average Bonchev–Trinajstić information content (AvgIpc) is 1.60. The number of carbonyl (C=O) groups excluding carboxylic acids is 3. The van der Waals surface area contributed by atoms with E-state index in [1.54, 1.807) is 0 Å². The number of aryl methyl sites for hydroxylation is 2. The Kier molecular flexibility index (Phi) is 23.4. The molecule has 2 aliphatic heterocycles. The van der Waals surface area contributed by atoms with Crippen LogP contribution in [-0.2, 0) is 35.7 Å². The third-order valence-corrected chi connectivity index (χ3v) is 16.8. The third-order valence-electron chi connectivity index (χ3n) is 16.2. The first kappa shape index (κ1) is 67.5. The predicted molar refractivity (Wildman–Crippen MR) is 341 cm³/mol. The molecule has 21 heteroatoms. The van der Waals surface area contributed by atoms with Crippen LogP contribution in [-0.4, -0.2) is 120 Å². The highest BCUT2D eigenvalue weighted by Crippen LogP contribution is 2.53. The lowest BCUT2D eigenvalue weighted by Crippen LogP contribution is -2.45. The molecule has 474 valence electrons. The molecular formula is C68H79Cl2F2N7O10. The zero-order valence-corrected chi connectivity index (χ0v) is 53.2. The summed E-state index contributed by atoms with van der Waals surface area (Å²) in [7, 11) is 1.38. The summed E-state index contributed by atoms with van der Waals surface area (Å²) in [6, 6.07) is 26.9. The van der Waals surface area contributed by atoms with Crippen molar-refractivity contribution in [2.24, 2.45) is 5.41 Å². The van der Waals surface area contributed by atoms with Crippen LogP contribution in [0.25, 0.3) is 11.1 Å². The zero-order chi connectivity index (χ0) is 64.0. The quantitative estimate of drug-likeness (QED) is 0.0304. The molecule has 2 unspecified atom stereocenters. The molecule has 0 spiro atoms. The molecule has 4 atom stereocenters.